The molecule has 33 heavy (non-hydrogen) atoms. The zero-order valence-corrected chi connectivity index (χ0v) is 19.2. The summed E-state index contributed by atoms with van der Waals surface area (Å²) in [7, 11) is 0. The van der Waals surface area contributed by atoms with Crippen LogP contribution in [-0.4, -0.2) is 32.1 Å². The third kappa shape index (κ3) is 4.75. The second kappa shape index (κ2) is 9.46. The molecule has 7 nitrogen and oxygen atoms in total. The monoisotopic (exact) mass is 461 g/mol. The molecule has 3 aromatic rings. The number of aryl methyl sites for hydroxylation is 2. The Hall–Kier alpha value is -3.65. The van der Waals surface area contributed by atoms with Gasteiger partial charge in [-0.25, -0.2) is 0 Å². The number of thioether (sulfide) groups is 1. The minimum Gasteiger partial charge on any atom is -0.318 e. The third-order valence-electron chi connectivity index (χ3n) is 5.62. The van der Waals surface area contributed by atoms with Crippen LogP contribution in [0.25, 0.3) is 11.8 Å². The van der Waals surface area contributed by atoms with Crippen molar-refractivity contribution in [2.75, 3.05) is 6.54 Å². The molecule has 1 saturated heterocycles. The molecule has 0 aliphatic carbocycles. The van der Waals surface area contributed by atoms with Crippen molar-refractivity contribution in [3.63, 3.8) is 0 Å². The summed E-state index contributed by atoms with van der Waals surface area (Å²) in [5.41, 5.74) is 4.37. The number of hydrogen-bond acceptors (Lipinski definition) is 5. The van der Waals surface area contributed by atoms with Gasteiger partial charge in [-0.3, -0.25) is 24.6 Å². The summed E-state index contributed by atoms with van der Waals surface area (Å²) in [6.07, 6.45) is 3.24. The normalized spacial score (nSPS) is 15.0. The van der Waals surface area contributed by atoms with E-state index in [1.807, 2.05) is 54.8 Å². The number of aromatic nitrogens is 1. The van der Waals surface area contributed by atoms with Crippen LogP contribution < -0.4 is 0 Å². The number of nitrogens with zero attached hydrogens (tertiary/aromatic N) is 3. The molecule has 0 N–H and O–H groups in total. The summed E-state index contributed by atoms with van der Waals surface area (Å²) in [4.78, 5) is 37.8. The zero-order chi connectivity index (χ0) is 23.5. The molecule has 0 radical (unpaired) electrons. The zero-order valence-electron chi connectivity index (χ0n) is 18.4. The van der Waals surface area contributed by atoms with E-state index in [1.54, 1.807) is 18.2 Å². The van der Waals surface area contributed by atoms with Gasteiger partial charge in [0.15, 0.2) is 0 Å². The standard InChI is InChI=1S/C25H23N3O4S/c1-17-14-20(18(2)27(17)21-11-6-12-22(16-21)28(31)32)15-23-24(29)26(25(30)33-23)13-7-10-19-8-4-3-5-9-19/h3-6,8-9,11-12,14-16H,7,10,13H2,1-2H3/b23-15+. The average Bonchev–Trinajstić information content (AvgIpc) is 3.23. The van der Waals surface area contributed by atoms with Gasteiger partial charge >= 0.3 is 0 Å². The molecule has 0 atom stereocenters. The predicted octanol–water partition coefficient (Wildman–Crippen LogP) is 5.67. The Morgan fingerprint density at radius 1 is 1.03 bits per heavy atom. The van der Waals surface area contributed by atoms with Crippen LogP contribution in [0.3, 0.4) is 0 Å². The molecule has 0 saturated carbocycles. The minimum atomic E-state index is -0.424. The molecular weight excluding hydrogens is 438 g/mol. The molecule has 0 spiro atoms. The Morgan fingerprint density at radius 2 is 1.79 bits per heavy atom. The van der Waals surface area contributed by atoms with Gasteiger partial charge in [-0.05, 0) is 67.8 Å². The molecule has 1 aliphatic heterocycles. The van der Waals surface area contributed by atoms with Gasteiger partial charge in [0.1, 0.15) is 0 Å². The highest BCUT2D eigenvalue weighted by atomic mass is 32.2. The minimum absolute atomic E-state index is 0.0122. The first-order valence-electron chi connectivity index (χ1n) is 10.6. The summed E-state index contributed by atoms with van der Waals surface area (Å²) in [6.45, 7) is 4.17. The Morgan fingerprint density at radius 3 is 2.52 bits per heavy atom. The second-order valence-electron chi connectivity index (χ2n) is 7.86. The molecule has 0 unspecified atom stereocenters. The van der Waals surface area contributed by atoms with Crippen molar-refractivity contribution in [2.45, 2.75) is 26.7 Å². The topological polar surface area (TPSA) is 85.5 Å². The largest absolute Gasteiger partial charge is 0.318 e. The van der Waals surface area contributed by atoms with Gasteiger partial charge in [0, 0.05) is 30.1 Å². The maximum absolute atomic E-state index is 12.9. The summed E-state index contributed by atoms with van der Waals surface area (Å²) < 4.78 is 1.91. The summed E-state index contributed by atoms with van der Waals surface area (Å²) in [5, 5.41) is 10.9. The molecule has 2 heterocycles. The first kappa shape index (κ1) is 22.5. The Balaban J connectivity index is 1.53. The van der Waals surface area contributed by atoms with E-state index in [4.69, 9.17) is 0 Å². The van der Waals surface area contributed by atoms with E-state index < -0.39 is 4.92 Å². The summed E-state index contributed by atoms with van der Waals surface area (Å²) >= 11 is 0.949. The lowest BCUT2D eigenvalue weighted by Crippen LogP contribution is -2.29. The molecule has 2 amide bonds. The highest BCUT2D eigenvalue weighted by Gasteiger charge is 2.34. The second-order valence-corrected chi connectivity index (χ2v) is 8.85. The van der Waals surface area contributed by atoms with E-state index >= 15 is 0 Å². The predicted molar refractivity (Wildman–Crippen MR) is 129 cm³/mol. The van der Waals surface area contributed by atoms with E-state index in [1.165, 1.54) is 22.6 Å². The van der Waals surface area contributed by atoms with E-state index in [2.05, 4.69) is 0 Å². The molecule has 4 rings (SSSR count). The maximum atomic E-state index is 12.9. The SMILES string of the molecule is Cc1cc(/C=C2/SC(=O)N(CCCc3ccccc3)C2=O)c(C)n1-c1cccc([N+](=O)[O-])c1. The van der Waals surface area contributed by atoms with Crippen molar-refractivity contribution >= 4 is 34.7 Å². The fraction of sp³-hybridized carbons (Fsp3) is 0.200. The van der Waals surface area contributed by atoms with Crippen LogP contribution in [0.2, 0.25) is 0 Å². The number of amides is 2. The highest BCUT2D eigenvalue weighted by Crippen LogP contribution is 2.34. The smallest absolute Gasteiger partial charge is 0.293 e. The molecule has 8 heteroatoms. The highest BCUT2D eigenvalue weighted by molar-refractivity contribution is 8.18. The van der Waals surface area contributed by atoms with Crippen LogP contribution in [-0.2, 0) is 11.2 Å². The molecule has 2 aromatic carbocycles. The lowest BCUT2D eigenvalue weighted by Gasteiger charge is -2.12. The number of hydrogen-bond donors (Lipinski definition) is 0. The van der Waals surface area contributed by atoms with Gasteiger partial charge in [0.2, 0.25) is 0 Å². The molecule has 1 aromatic heterocycles. The van der Waals surface area contributed by atoms with Crippen molar-refractivity contribution < 1.29 is 14.5 Å². The van der Waals surface area contributed by atoms with Crippen molar-refractivity contribution in [3.05, 3.63) is 98.2 Å². The van der Waals surface area contributed by atoms with Crippen LogP contribution >= 0.6 is 11.8 Å². The fourth-order valence-corrected chi connectivity index (χ4v) is 4.85. The average molecular weight is 462 g/mol. The number of carbonyl (C=O) groups is 2. The Bertz CT molecular complexity index is 1260. The number of non-ortho nitro benzene ring substituents is 1. The third-order valence-corrected chi connectivity index (χ3v) is 6.53. The van der Waals surface area contributed by atoms with Crippen molar-refractivity contribution in [1.82, 2.24) is 9.47 Å². The Kier molecular flexibility index (Phi) is 6.46. The number of nitro groups is 1. The van der Waals surface area contributed by atoms with E-state index in [0.717, 1.165) is 35.1 Å². The number of carbonyl (C=O) groups excluding carboxylic acids is 2. The molecule has 168 valence electrons. The van der Waals surface area contributed by atoms with Crippen molar-refractivity contribution in [3.8, 4) is 5.69 Å². The van der Waals surface area contributed by atoms with E-state index in [0.29, 0.717) is 23.6 Å². The van der Waals surface area contributed by atoms with E-state index in [-0.39, 0.29) is 16.8 Å². The maximum Gasteiger partial charge on any atom is 0.293 e. The van der Waals surface area contributed by atoms with Crippen molar-refractivity contribution in [2.24, 2.45) is 0 Å². The van der Waals surface area contributed by atoms with Crippen LogP contribution in [0.15, 0.2) is 65.6 Å². The Labute approximate surface area is 195 Å². The fourth-order valence-electron chi connectivity index (χ4n) is 4.00. The van der Waals surface area contributed by atoms with Gasteiger partial charge in [-0.1, -0.05) is 36.4 Å². The van der Waals surface area contributed by atoms with Crippen LogP contribution in [0.5, 0.6) is 0 Å². The van der Waals surface area contributed by atoms with Gasteiger partial charge in [0.05, 0.1) is 15.5 Å². The molecule has 0 bridgehead atoms. The van der Waals surface area contributed by atoms with Gasteiger partial charge in [0.25, 0.3) is 16.8 Å². The van der Waals surface area contributed by atoms with Gasteiger partial charge in [-0.2, -0.15) is 0 Å². The van der Waals surface area contributed by atoms with Crippen LogP contribution in [0, 0.1) is 24.0 Å². The van der Waals surface area contributed by atoms with Crippen LogP contribution in [0.1, 0.15) is 28.9 Å². The van der Waals surface area contributed by atoms with Crippen LogP contribution in [0.4, 0.5) is 10.5 Å². The quantitative estimate of drug-likeness (QED) is 0.257. The molecular formula is C25H23N3O4S. The van der Waals surface area contributed by atoms with Gasteiger partial charge in [-0.15, -0.1) is 0 Å². The van der Waals surface area contributed by atoms with E-state index in [9.17, 15) is 19.7 Å². The molecule has 1 aliphatic rings. The van der Waals surface area contributed by atoms with Crippen molar-refractivity contribution in [1.29, 1.82) is 0 Å². The number of benzene rings is 2. The lowest BCUT2D eigenvalue weighted by molar-refractivity contribution is -0.384. The molecule has 1 fully saturated rings. The first-order valence-corrected chi connectivity index (χ1v) is 11.4. The number of imide groups is 1. The first-order chi connectivity index (χ1) is 15.8. The summed E-state index contributed by atoms with van der Waals surface area (Å²) in [6, 6.07) is 18.3. The lowest BCUT2D eigenvalue weighted by atomic mass is 10.1. The summed E-state index contributed by atoms with van der Waals surface area (Å²) in [5.74, 6) is -0.279. The number of nitro benzene ring substituents is 1. The van der Waals surface area contributed by atoms with Gasteiger partial charge < -0.3 is 4.57 Å². The number of rotatable bonds is 7.